The lowest BCUT2D eigenvalue weighted by atomic mass is 10.2. The van der Waals surface area contributed by atoms with E-state index in [-0.39, 0.29) is 0 Å². The number of rotatable bonds is 8. The first kappa shape index (κ1) is 14.9. The summed E-state index contributed by atoms with van der Waals surface area (Å²) in [5, 5.41) is 3.36. The lowest BCUT2D eigenvalue weighted by Crippen LogP contribution is -2.19. The molecule has 1 aromatic rings. The van der Waals surface area contributed by atoms with Gasteiger partial charge in [-0.05, 0) is 53.9 Å². The fourth-order valence-electron chi connectivity index (χ4n) is 2.06. The minimum atomic E-state index is 0.332. The van der Waals surface area contributed by atoms with E-state index in [1.165, 1.54) is 6.42 Å². The summed E-state index contributed by atoms with van der Waals surface area (Å²) in [6.45, 7) is 4.17. The minimum absolute atomic E-state index is 0.332. The second-order valence-electron chi connectivity index (χ2n) is 4.69. The molecule has 1 N–H and O–H groups in total. The lowest BCUT2D eigenvalue weighted by molar-refractivity contribution is 0.0166. The highest BCUT2D eigenvalue weighted by Crippen LogP contribution is 2.11. The molecule has 0 amide bonds. The van der Waals surface area contributed by atoms with Gasteiger partial charge < -0.3 is 14.8 Å². The molecule has 1 fully saturated rings. The standard InChI is InChI=1S/C14H21BrN2O2/c15-14-6-1-4-12(17-14)10-16-7-3-8-18-11-13-5-2-9-19-13/h1,4,6,13,16H,2-3,5,7-11H2. The zero-order valence-electron chi connectivity index (χ0n) is 11.1. The number of pyridine rings is 1. The van der Waals surface area contributed by atoms with Gasteiger partial charge in [0.05, 0.1) is 18.4 Å². The smallest absolute Gasteiger partial charge is 0.106 e. The van der Waals surface area contributed by atoms with Crippen molar-refractivity contribution in [2.24, 2.45) is 0 Å². The zero-order valence-corrected chi connectivity index (χ0v) is 12.7. The normalized spacial score (nSPS) is 18.9. The van der Waals surface area contributed by atoms with Crippen LogP contribution in [0.15, 0.2) is 22.8 Å². The average molecular weight is 329 g/mol. The highest BCUT2D eigenvalue weighted by Gasteiger charge is 2.14. The summed E-state index contributed by atoms with van der Waals surface area (Å²) in [5.74, 6) is 0. The van der Waals surface area contributed by atoms with Crippen molar-refractivity contribution in [2.75, 3.05) is 26.4 Å². The molecular weight excluding hydrogens is 308 g/mol. The second kappa shape index (κ2) is 8.64. The van der Waals surface area contributed by atoms with Gasteiger partial charge in [-0.25, -0.2) is 4.98 Å². The number of hydrogen-bond donors (Lipinski definition) is 1. The van der Waals surface area contributed by atoms with Gasteiger partial charge in [0.25, 0.3) is 0 Å². The van der Waals surface area contributed by atoms with Crippen molar-refractivity contribution in [3.8, 4) is 0 Å². The Bertz CT molecular complexity index is 370. The highest BCUT2D eigenvalue weighted by molar-refractivity contribution is 9.10. The van der Waals surface area contributed by atoms with E-state index in [9.17, 15) is 0 Å². The predicted molar refractivity (Wildman–Crippen MR) is 78.1 cm³/mol. The van der Waals surface area contributed by atoms with Crippen LogP contribution in [0.5, 0.6) is 0 Å². The van der Waals surface area contributed by atoms with Crippen molar-refractivity contribution in [1.29, 1.82) is 0 Å². The van der Waals surface area contributed by atoms with Gasteiger partial charge in [0, 0.05) is 19.8 Å². The summed E-state index contributed by atoms with van der Waals surface area (Å²) in [4.78, 5) is 4.37. The first-order chi connectivity index (χ1) is 9.34. The minimum Gasteiger partial charge on any atom is -0.379 e. The molecule has 5 heteroatoms. The first-order valence-electron chi connectivity index (χ1n) is 6.86. The van der Waals surface area contributed by atoms with Gasteiger partial charge in [-0.15, -0.1) is 0 Å². The van der Waals surface area contributed by atoms with Crippen LogP contribution in [0.4, 0.5) is 0 Å². The predicted octanol–water partition coefficient (Wildman–Crippen LogP) is 2.52. The molecule has 1 atom stereocenters. The number of aromatic nitrogens is 1. The van der Waals surface area contributed by atoms with E-state index in [1.807, 2.05) is 18.2 Å². The third kappa shape index (κ3) is 5.99. The van der Waals surface area contributed by atoms with Crippen LogP contribution in [0.3, 0.4) is 0 Å². The number of nitrogens with zero attached hydrogens (tertiary/aromatic N) is 1. The summed E-state index contributed by atoms with van der Waals surface area (Å²) in [5.41, 5.74) is 1.05. The number of ether oxygens (including phenoxy) is 2. The third-order valence-electron chi connectivity index (χ3n) is 3.05. The molecule has 2 rings (SSSR count). The van der Waals surface area contributed by atoms with Crippen LogP contribution in [-0.2, 0) is 16.0 Å². The SMILES string of the molecule is Brc1cccc(CNCCCOCC2CCCO2)n1. The van der Waals surface area contributed by atoms with E-state index in [1.54, 1.807) is 0 Å². The number of halogens is 1. The van der Waals surface area contributed by atoms with E-state index in [0.717, 1.165) is 56.0 Å². The molecule has 1 saturated heterocycles. The van der Waals surface area contributed by atoms with Gasteiger partial charge in [-0.2, -0.15) is 0 Å². The molecular formula is C14H21BrN2O2. The first-order valence-corrected chi connectivity index (χ1v) is 7.65. The Balaban J connectivity index is 1.46. The van der Waals surface area contributed by atoms with Gasteiger partial charge in [0.2, 0.25) is 0 Å². The van der Waals surface area contributed by atoms with Crippen LogP contribution in [0.25, 0.3) is 0 Å². The molecule has 0 aliphatic carbocycles. The van der Waals surface area contributed by atoms with Crippen LogP contribution in [0.2, 0.25) is 0 Å². The maximum absolute atomic E-state index is 5.60. The molecule has 1 unspecified atom stereocenters. The molecule has 19 heavy (non-hydrogen) atoms. The molecule has 1 aromatic heterocycles. The molecule has 0 saturated carbocycles. The Labute approximate surface area is 123 Å². The van der Waals surface area contributed by atoms with Crippen molar-refractivity contribution < 1.29 is 9.47 Å². The fourth-order valence-corrected chi connectivity index (χ4v) is 2.44. The topological polar surface area (TPSA) is 43.4 Å². The largest absolute Gasteiger partial charge is 0.379 e. The molecule has 0 aromatic carbocycles. The van der Waals surface area contributed by atoms with Crippen LogP contribution < -0.4 is 5.32 Å². The van der Waals surface area contributed by atoms with Gasteiger partial charge >= 0.3 is 0 Å². The molecule has 4 nitrogen and oxygen atoms in total. The molecule has 0 bridgehead atoms. The number of nitrogens with one attached hydrogen (secondary N) is 1. The Morgan fingerprint density at radius 3 is 3.21 bits per heavy atom. The third-order valence-corrected chi connectivity index (χ3v) is 3.49. The average Bonchev–Trinajstić information content (AvgIpc) is 2.91. The Morgan fingerprint density at radius 2 is 2.42 bits per heavy atom. The van der Waals surface area contributed by atoms with E-state index in [2.05, 4.69) is 26.2 Å². The van der Waals surface area contributed by atoms with Crippen molar-refractivity contribution in [3.63, 3.8) is 0 Å². The number of hydrogen-bond acceptors (Lipinski definition) is 4. The fraction of sp³-hybridized carbons (Fsp3) is 0.643. The summed E-state index contributed by atoms with van der Waals surface area (Å²) in [6.07, 6.45) is 3.67. The van der Waals surface area contributed by atoms with E-state index >= 15 is 0 Å². The van der Waals surface area contributed by atoms with Gasteiger partial charge in [-0.1, -0.05) is 6.07 Å². The molecule has 0 radical (unpaired) electrons. The zero-order chi connectivity index (χ0) is 13.3. The van der Waals surface area contributed by atoms with Crippen molar-refractivity contribution in [2.45, 2.75) is 31.9 Å². The maximum atomic E-state index is 5.60. The summed E-state index contributed by atoms with van der Waals surface area (Å²) >= 11 is 3.37. The van der Waals surface area contributed by atoms with E-state index in [0.29, 0.717) is 6.10 Å². The van der Waals surface area contributed by atoms with Crippen LogP contribution in [-0.4, -0.2) is 37.5 Å². The molecule has 106 valence electrons. The van der Waals surface area contributed by atoms with E-state index in [4.69, 9.17) is 9.47 Å². The molecule has 2 heterocycles. The van der Waals surface area contributed by atoms with Gasteiger partial charge in [0.15, 0.2) is 0 Å². The quantitative estimate of drug-likeness (QED) is 0.588. The Kier molecular flexibility index (Phi) is 6.78. The van der Waals surface area contributed by atoms with Crippen LogP contribution in [0, 0.1) is 0 Å². The van der Waals surface area contributed by atoms with Crippen LogP contribution in [0.1, 0.15) is 25.0 Å². The summed E-state index contributed by atoms with van der Waals surface area (Å²) in [7, 11) is 0. The highest BCUT2D eigenvalue weighted by atomic mass is 79.9. The Morgan fingerprint density at radius 1 is 1.47 bits per heavy atom. The lowest BCUT2D eigenvalue weighted by Gasteiger charge is -2.10. The summed E-state index contributed by atoms with van der Waals surface area (Å²) in [6, 6.07) is 5.95. The molecule has 1 aliphatic rings. The van der Waals surface area contributed by atoms with Crippen LogP contribution >= 0.6 is 15.9 Å². The van der Waals surface area contributed by atoms with Crippen molar-refractivity contribution >= 4 is 15.9 Å². The van der Waals surface area contributed by atoms with Crippen molar-refractivity contribution in [3.05, 3.63) is 28.5 Å². The summed E-state index contributed by atoms with van der Waals surface area (Å²) < 4.78 is 12.0. The van der Waals surface area contributed by atoms with Gasteiger partial charge in [0.1, 0.15) is 4.60 Å². The maximum Gasteiger partial charge on any atom is 0.106 e. The molecule has 0 spiro atoms. The van der Waals surface area contributed by atoms with Crippen molar-refractivity contribution in [1.82, 2.24) is 10.3 Å². The molecule has 1 aliphatic heterocycles. The van der Waals surface area contributed by atoms with Gasteiger partial charge in [-0.3, -0.25) is 0 Å². The second-order valence-corrected chi connectivity index (χ2v) is 5.50. The monoisotopic (exact) mass is 328 g/mol. The van der Waals surface area contributed by atoms with E-state index < -0.39 is 0 Å². The Hall–Kier alpha value is -0.490.